The van der Waals surface area contributed by atoms with E-state index >= 15 is 0 Å². The molecule has 0 heterocycles. The van der Waals surface area contributed by atoms with Gasteiger partial charge in [-0.3, -0.25) is 0 Å². The van der Waals surface area contributed by atoms with Crippen molar-refractivity contribution in [2.45, 2.75) is 26.3 Å². The van der Waals surface area contributed by atoms with Crippen molar-refractivity contribution in [1.82, 2.24) is 5.32 Å². The van der Waals surface area contributed by atoms with Gasteiger partial charge in [-0.05, 0) is 37.4 Å². The summed E-state index contributed by atoms with van der Waals surface area (Å²) in [4.78, 5) is 0. The molecule has 0 aromatic heterocycles. The Labute approximate surface area is 116 Å². The zero-order valence-electron chi connectivity index (χ0n) is 12.1. The van der Waals surface area contributed by atoms with Gasteiger partial charge in [0.15, 0.2) is 0 Å². The van der Waals surface area contributed by atoms with Crippen LogP contribution in [0.1, 0.15) is 29.7 Å². The van der Waals surface area contributed by atoms with Gasteiger partial charge in [-0.25, -0.2) is 0 Å². The average molecular weight is 253 g/mol. The third kappa shape index (κ3) is 3.68. The Balaban J connectivity index is 2.11. The minimum atomic E-state index is 0.404. The first kappa shape index (κ1) is 13.8. The third-order valence-corrected chi connectivity index (χ3v) is 3.68. The van der Waals surface area contributed by atoms with E-state index in [0.717, 1.165) is 6.42 Å². The van der Waals surface area contributed by atoms with E-state index in [1.165, 1.54) is 16.7 Å². The Hall–Kier alpha value is -1.60. The van der Waals surface area contributed by atoms with Gasteiger partial charge in [-0.1, -0.05) is 67.1 Å². The molecule has 0 radical (unpaired) electrons. The minimum absolute atomic E-state index is 0.404. The summed E-state index contributed by atoms with van der Waals surface area (Å²) >= 11 is 0. The highest BCUT2D eigenvalue weighted by atomic mass is 14.9. The molecule has 0 spiro atoms. The molecule has 100 valence electrons. The van der Waals surface area contributed by atoms with Crippen LogP contribution in [0.4, 0.5) is 0 Å². The van der Waals surface area contributed by atoms with Crippen molar-refractivity contribution in [2.75, 3.05) is 7.05 Å². The maximum Gasteiger partial charge on any atom is 0.0346 e. The van der Waals surface area contributed by atoms with Gasteiger partial charge in [0.1, 0.15) is 0 Å². The van der Waals surface area contributed by atoms with Crippen LogP contribution < -0.4 is 5.32 Å². The Morgan fingerprint density at radius 2 is 1.74 bits per heavy atom. The molecule has 2 aromatic carbocycles. The van der Waals surface area contributed by atoms with Crippen molar-refractivity contribution < 1.29 is 0 Å². The summed E-state index contributed by atoms with van der Waals surface area (Å²) in [5, 5.41) is 3.45. The van der Waals surface area contributed by atoms with Crippen LogP contribution in [0.3, 0.4) is 0 Å². The van der Waals surface area contributed by atoms with Crippen LogP contribution in [-0.2, 0) is 6.42 Å². The van der Waals surface area contributed by atoms with Crippen molar-refractivity contribution in [1.29, 1.82) is 0 Å². The molecule has 2 unspecified atom stereocenters. The zero-order valence-corrected chi connectivity index (χ0v) is 12.1. The van der Waals surface area contributed by atoms with Gasteiger partial charge in [0.25, 0.3) is 0 Å². The predicted molar refractivity (Wildman–Crippen MR) is 82.3 cm³/mol. The second-order valence-electron chi connectivity index (χ2n) is 5.35. The molecule has 1 heteroatoms. The van der Waals surface area contributed by atoms with Crippen LogP contribution in [0.2, 0.25) is 0 Å². The second-order valence-corrected chi connectivity index (χ2v) is 5.35. The standard InChI is InChI=1S/C18H23N/c1-14-8-7-9-16(12-14)13-15(2)18(19-3)17-10-5-4-6-11-17/h4-12,15,18-19H,13H2,1-3H3. The average Bonchev–Trinajstić information content (AvgIpc) is 2.41. The van der Waals surface area contributed by atoms with Crippen LogP contribution >= 0.6 is 0 Å². The molecule has 19 heavy (non-hydrogen) atoms. The predicted octanol–water partition coefficient (Wildman–Crippen LogP) is 4.13. The molecule has 0 bridgehead atoms. The molecule has 1 nitrogen and oxygen atoms in total. The summed E-state index contributed by atoms with van der Waals surface area (Å²) in [6.07, 6.45) is 1.10. The Morgan fingerprint density at radius 1 is 1.00 bits per heavy atom. The van der Waals surface area contributed by atoms with Crippen molar-refractivity contribution in [2.24, 2.45) is 5.92 Å². The van der Waals surface area contributed by atoms with Gasteiger partial charge in [-0.2, -0.15) is 0 Å². The van der Waals surface area contributed by atoms with Gasteiger partial charge in [-0.15, -0.1) is 0 Å². The lowest BCUT2D eigenvalue weighted by molar-refractivity contribution is 0.409. The first-order valence-corrected chi connectivity index (χ1v) is 6.98. The first-order valence-electron chi connectivity index (χ1n) is 6.98. The summed E-state index contributed by atoms with van der Waals surface area (Å²) in [6, 6.07) is 19.9. The van der Waals surface area contributed by atoms with Gasteiger partial charge < -0.3 is 5.32 Å². The quantitative estimate of drug-likeness (QED) is 0.844. The largest absolute Gasteiger partial charge is 0.313 e. The molecule has 0 fully saturated rings. The van der Waals surface area contributed by atoms with Gasteiger partial charge in [0.05, 0.1) is 0 Å². The molecule has 0 saturated carbocycles. The van der Waals surface area contributed by atoms with Gasteiger partial charge >= 0.3 is 0 Å². The van der Waals surface area contributed by atoms with E-state index in [-0.39, 0.29) is 0 Å². The lowest BCUT2D eigenvalue weighted by Gasteiger charge is -2.24. The number of rotatable bonds is 5. The Morgan fingerprint density at radius 3 is 2.37 bits per heavy atom. The van der Waals surface area contributed by atoms with E-state index in [1.54, 1.807) is 0 Å². The SMILES string of the molecule is CNC(c1ccccc1)C(C)Cc1cccc(C)c1. The molecular weight excluding hydrogens is 230 g/mol. The molecule has 2 rings (SSSR count). The molecule has 2 aromatic rings. The van der Waals surface area contributed by atoms with E-state index < -0.39 is 0 Å². The van der Waals surface area contributed by atoms with Crippen molar-refractivity contribution in [3.05, 3.63) is 71.3 Å². The van der Waals surface area contributed by atoms with Gasteiger partial charge in [0, 0.05) is 6.04 Å². The topological polar surface area (TPSA) is 12.0 Å². The van der Waals surface area contributed by atoms with E-state index in [4.69, 9.17) is 0 Å². The lowest BCUT2D eigenvalue weighted by atomic mass is 9.89. The van der Waals surface area contributed by atoms with E-state index in [0.29, 0.717) is 12.0 Å². The summed E-state index contributed by atoms with van der Waals surface area (Å²) in [5.41, 5.74) is 4.12. The number of nitrogens with one attached hydrogen (secondary N) is 1. The van der Waals surface area contributed by atoms with Crippen LogP contribution in [0, 0.1) is 12.8 Å². The van der Waals surface area contributed by atoms with E-state index in [2.05, 4.69) is 73.8 Å². The number of aryl methyl sites for hydroxylation is 1. The maximum atomic E-state index is 3.45. The Bertz CT molecular complexity index is 504. The summed E-state index contributed by atoms with van der Waals surface area (Å²) in [5.74, 6) is 0.564. The smallest absolute Gasteiger partial charge is 0.0346 e. The van der Waals surface area contributed by atoms with Crippen molar-refractivity contribution >= 4 is 0 Å². The summed E-state index contributed by atoms with van der Waals surface area (Å²) < 4.78 is 0. The third-order valence-electron chi connectivity index (χ3n) is 3.68. The Kier molecular flexibility index (Phi) is 4.75. The van der Waals surface area contributed by atoms with E-state index in [9.17, 15) is 0 Å². The zero-order chi connectivity index (χ0) is 13.7. The summed E-state index contributed by atoms with van der Waals surface area (Å²) in [6.45, 7) is 4.47. The molecule has 0 aliphatic carbocycles. The normalized spacial score (nSPS) is 14.1. The number of hydrogen-bond donors (Lipinski definition) is 1. The van der Waals surface area contributed by atoms with Crippen LogP contribution in [-0.4, -0.2) is 7.05 Å². The molecule has 2 atom stereocenters. The van der Waals surface area contributed by atoms with Crippen LogP contribution in [0.25, 0.3) is 0 Å². The first-order chi connectivity index (χ1) is 9.20. The molecule has 1 N–H and O–H groups in total. The van der Waals surface area contributed by atoms with Gasteiger partial charge in [0.2, 0.25) is 0 Å². The molecule has 0 saturated heterocycles. The van der Waals surface area contributed by atoms with Crippen molar-refractivity contribution in [3.8, 4) is 0 Å². The molecule has 0 aliphatic heterocycles. The fourth-order valence-corrected chi connectivity index (χ4v) is 2.77. The molecular formula is C18H23N. The second kappa shape index (κ2) is 6.53. The monoisotopic (exact) mass is 253 g/mol. The molecule has 0 aliphatic rings. The van der Waals surface area contributed by atoms with Crippen LogP contribution in [0.15, 0.2) is 54.6 Å². The number of benzene rings is 2. The van der Waals surface area contributed by atoms with E-state index in [1.807, 2.05) is 7.05 Å². The van der Waals surface area contributed by atoms with Crippen molar-refractivity contribution in [3.63, 3.8) is 0 Å². The highest BCUT2D eigenvalue weighted by Gasteiger charge is 2.17. The minimum Gasteiger partial charge on any atom is -0.313 e. The fourth-order valence-electron chi connectivity index (χ4n) is 2.77. The fraction of sp³-hybridized carbons (Fsp3) is 0.333. The highest BCUT2D eigenvalue weighted by molar-refractivity contribution is 5.24. The van der Waals surface area contributed by atoms with Crippen LogP contribution in [0.5, 0.6) is 0 Å². The maximum absolute atomic E-state index is 3.45. The highest BCUT2D eigenvalue weighted by Crippen LogP contribution is 2.24. The summed E-state index contributed by atoms with van der Waals surface area (Å²) in [7, 11) is 2.05. The lowest BCUT2D eigenvalue weighted by Crippen LogP contribution is -2.24. The number of hydrogen-bond acceptors (Lipinski definition) is 1. The molecule has 0 amide bonds.